The van der Waals surface area contributed by atoms with Crippen LogP contribution in [0.2, 0.25) is 5.02 Å². The highest BCUT2D eigenvalue weighted by Gasteiger charge is 2.34. The maximum atomic E-state index is 9.47. The first-order valence-corrected chi connectivity index (χ1v) is 8.61. The van der Waals surface area contributed by atoms with Crippen molar-refractivity contribution < 1.29 is 0 Å². The summed E-state index contributed by atoms with van der Waals surface area (Å²) in [4.78, 5) is 1.20. The number of benzene rings is 1. The van der Waals surface area contributed by atoms with Gasteiger partial charge in [0.05, 0.1) is 6.07 Å². The van der Waals surface area contributed by atoms with Gasteiger partial charge < -0.3 is 0 Å². The van der Waals surface area contributed by atoms with Gasteiger partial charge in [0.2, 0.25) is 0 Å². The summed E-state index contributed by atoms with van der Waals surface area (Å²) in [5, 5.41) is 13.8. The monoisotopic (exact) mass is 308 g/mol. The van der Waals surface area contributed by atoms with Crippen LogP contribution in [0.5, 0.6) is 0 Å². The van der Waals surface area contributed by atoms with Crippen LogP contribution >= 0.6 is 23.4 Å². The molecule has 0 aliphatic heterocycles. The minimum absolute atomic E-state index is 0.323. The first kappa shape index (κ1) is 15.7. The Kier molecular flexibility index (Phi) is 5.77. The zero-order valence-electron chi connectivity index (χ0n) is 11.9. The Balaban J connectivity index is 1.77. The van der Waals surface area contributed by atoms with Crippen LogP contribution < -0.4 is 5.32 Å². The molecule has 2 nitrogen and oxygen atoms in total. The van der Waals surface area contributed by atoms with Crippen LogP contribution in [0.25, 0.3) is 0 Å². The Bertz CT molecular complexity index is 482. The number of halogens is 1. The van der Waals surface area contributed by atoms with Crippen molar-refractivity contribution in [2.45, 2.75) is 55.5 Å². The quantitative estimate of drug-likeness (QED) is 0.561. The maximum absolute atomic E-state index is 9.47. The van der Waals surface area contributed by atoms with E-state index in [0.717, 1.165) is 30.0 Å². The fourth-order valence-electron chi connectivity index (χ4n) is 2.26. The molecule has 0 bridgehead atoms. The molecule has 0 heterocycles. The summed E-state index contributed by atoms with van der Waals surface area (Å²) in [5.74, 6) is 1.02. The van der Waals surface area contributed by atoms with E-state index in [1.807, 2.05) is 30.0 Å². The van der Waals surface area contributed by atoms with E-state index in [1.54, 1.807) is 0 Å². The molecule has 1 unspecified atom stereocenters. The van der Waals surface area contributed by atoms with Gasteiger partial charge in [0.1, 0.15) is 5.54 Å². The number of nitriles is 1. The van der Waals surface area contributed by atoms with E-state index in [4.69, 9.17) is 11.6 Å². The molecule has 0 spiro atoms. The summed E-state index contributed by atoms with van der Waals surface area (Å²) in [6.45, 7) is 2.10. The summed E-state index contributed by atoms with van der Waals surface area (Å²) >= 11 is 7.78. The third-order valence-electron chi connectivity index (χ3n) is 3.69. The van der Waals surface area contributed by atoms with Crippen molar-refractivity contribution in [3.05, 3.63) is 29.3 Å². The highest BCUT2D eigenvalue weighted by Crippen LogP contribution is 2.28. The van der Waals surface area contributed by atoms with E-state index >= 15 is 0 Å². The predicted octanol–water partition coefficient (Wildman–Crippen LogP) is 4.64. The summed E-state index contributed by atoms with van der Waals surface area (Å²) in [6, 6.07) is 11.0. The summed E-state index contributed by atoms with van der Waals surface area (Å²) in [7, 11) is 0. The van der Waals surface area contributed by atoms with Crippen molar-refractivity contribution in [1.82, 2.24) is 5.32 Å². The number of thioether (sulfide) groups is 1. The molecule has 1 saturated carbocycles. The van der Waals surface area contributed by atoms with Crippen LogP contribution in [0, 0.1) is 11.3 Å². The van der Waals surface area contributed by atoms with Crippen molar-refractivity contribution in [3.8, 4) is 6.07 Å². The van der Waals surface area contributed by atoms with Crippen molar-refractivity contribution in [3.63, 3.8) is 0 Å². The molecule has 2 rings (SSSR count). The molecule has 4 heteroatoms. The Hall–Kier alpha value is -0.690. The lowest BCUT2D eigenvalue weighted by Gasteiger charge is -2.26. The molecule has 20 heavy (non-hydrogen) atoms. The molecule has 0 saturated heterocycles. The SMILES string of the molecule is CCC(C#N)(CCCSc1cccc(Cl)c1)NC1CC1. The lowest BCUT2D eigenvalue weighted by Crippen LogP contribution is -2.44. The lowest BCUT2D eigenvalue weighted by molar-refractivity contribution is 0.367. The molecule has 1 aromatic carbocycles. The second-order valence-electron chi connectivity index (χ2n) is 5.38. The van der Waals surface area contributed by atoms with Gasteiger partial charge in [0, 0.05) is 16.0 Å². The predicted molar refractivity (Wildman–Crippen MR) is 86.2 cm³/mol. The van der Waals surface area contributed by atoms with Crippen LogP contribution in [0.1, 0.15) is 39.0 Å². The Morgan fingerprint density at radius 2 is 2.30 bits per heavy atom. The highest BCUT2D eigenvalue weighted by molar-refractivity contribution is 7.99. The highest BCUT2D eigenvalue weighted by atomic mass is 35.5. The van der Waals surface area contributed by atoms with Gasteiger partial charge in [-0.2, -0.15) is 5.26 Å². The number of nitrogens with one attached hydrogen (secondary N) is 1. The smallest absolute Gasteiger partial charge is 0.106 e. The lowest BCUT2D eigenvalue weighted by atomic mass is 9.92. The Morgan fingerprint density at radius 1 is 1.50 bits per heavy atom. The van der Waals surface area contributed by atoms with E-state index in [0.29, 0.717) is 6.04 Å². The third-order valence-corrected chi connectivity index (χ3v) is 5.00. The minimum Gasteiger partial charge on any atom is -0.297 e. The zero-order valence-corrected chi connectivity index (χ0v) is 13.4. The largest absolute Gasteiger partial charge is 0.297 e. The summed E-state index contributed by atoms with van der Waals surface area (Å²) in [6.07, 6.45) is 5.28. The minimum atomic E-state index is -0.323. The van der Waals surface area contributed by atoms with Gasteiger partial charge in [-0.25, -0.2) is 0 Å². The third kappa shape index (κ3) is 4.70. The Labute approximate surface area is 130 Å². The molecule has 1 atom stereocenters. The maximum Gasteiger partial charge on any atom is 0.106 e. The molecule has 1 fully saturated rings. The molecule has 0 amide bonds. The molecule has 1 N–H and O–H groups in total. The molecular weight excluding hydrogens is 288 g/mol. The van der Waals surface area contributed by atoms with E-state index in [2.05, 4.69) is 24.4 Å². The van der Waals surface area contributed by atoms with E-state index in [9.17, 15) is 5.26 Å². The fraction of sp³-hybridized carbons (Fsp3) is 0.562. The molecule has 1 aliphatic carbocycles. The summed E-state index contributed by atoms with van der Waals surface area (Å²) in [5.41, 5.74) is -0.323. The van der Waals surface area contributed by atoms with Crippen molar-refractivity contribution in [1.29, 1.82) is 5.26 Å². The van der Waals surface area contributed by atoms with Crippen molar-refractivity contribution >= 4 is 23.4 Å². The second-order valence-corrected chi connectivity index (χ2v) is 6.98. The second kappa shape index (κ2) is 7.36. The van der Waals surface area contributed by atoms with Gasteiger partial charge in [-0.1, -0.05) is 24.6 Å². The standard InChI is InChI=1S/C16H21ClN2S/c1-2-16(12-18,19-14-7-8-14)9-4-10-20-15-6-3-5-13(17)11-15/h3,5-6,11,14,19H,2,4,7-10H2,1H3. The van der Waals surface area contributed by atoms with Crippen LogP contribution in [-0.2, 0) is 0 Å². The average Bonchev–Trinajstić information content (AvgIpc) is 3.26. The molecule has 1 aromatic rings. The fourth-order valence-corrected chi connectivity index (χ4v) is 3.42. The Morgan fingerprint density at radius 3 is 2.90 bits per heavy atom. The van der Waals surface area contributed by atoms with Crippen LogP contribution in [-0.4, -0.2) is 17.3 Å². The zero-order chi connectivity index (χ0) is 14.4. The van der Waals surface area contributed by atoms with E-state index < -0.39 is 0 Å². The van der Waals surface area contributed by atoms with Gasteiger partial charge >= 0.3 is 0 Å². The summed E-state index contributed by atoms with van der Waals surface area (Å²) < 4.78 is 0. The topological polar surface area (TPSA) is 35.8 Å². The van der Waals surface area contributed by atoms with Gasteiger partial charge in [0.25, 0.3) is 0 Å². The number of rotatable bonds is 8. The van der Waals surface area contributed by atoms with E-state index in [-0.39, 0.29) is 5.54 Å². The number of hydrogen-bond donors (Lipinski definition) is 1. The van der Waals surface area contributed by atoms with E-state index in [1.165, 1.54) is 17.7 Å². The van der Waals surface area contributed by atoms with Gasteiger partial charge in [-0.05, 0) is 56.1 Å². The average molecular weight is 309 g/mol. The first-order valence-electron chi connectivity index (χ1n) is 7.25. The molecule has 0 radical (unpaired) electrons. The van der Waals surface area contributed by atoms with Crippen molar-refractivity contribution in [2.24, 2.45) is 0 Å². The first-order chi connectivity index (χ1) is 9.67. The molecular formula is C16H21ClN2S. The van der Waals surface area contributed by atoms with Crippen molar-refractivity contribution in [2.75, 3.05) is 5.75 Å². The molecule has 1 aliphatic rings. The van der Waals surface area contributed by atoms with Gasteiger partial charge in [-0.3, -0.25) is 5.32 Å². The van der Waals surface area contributed by atoms with Crippen LogP contribution in [0.4, 0.5) is 0 Å². The molecule has 108 valence electrons. The van der Waals surface area contributed by atoms with Crippen LogP contribution in [0.3, 0.4) is 0 Å². The van der Waals surface area contributed by atoms with Crippen LogP contribution in [0.15, 0.2) is 29.2 Å². The van der Waals surface area contributed by atoms with Gasteiger partial charge in [-0.15, -0.1) is 11.8 Å². The number of hydrogen-bond acceptors (Lipinski definition) is 3. The number of nitrogens with zero attached hydrogens (tertiary/aromatic N) is 1. The van der Waals surface area contributed by atoms with Gasteiger partial charge in [0.15, 0.2) is 0 Å². The normalized spacial score (nSPS) is 17.4. The molecule has 0 aromatic heterocycles.